The van der Waals surface area contributed by atoms with Gasteiger partial charge in [-0.2, -0.15) is 0 Å². The average Bonchev–Trinajstić information content (AvgIpc) is 2.43. The number of hydrogen-bond donors (Lipinski definition) is 1. The molecule has 0 aliphatic carbocycles. The number of carboxylic acids is 1. The molecule has 1 N–H and O–H groups in total. The molecule has 0 saturated carbocycles. The van der Waals surface area contributed by atoms with Gasteiger partial charge >= 0.3 is 5.97 Å². The standard InChI is InChI=1S/C16H17NO4/c1-8-6-13-14(9(2)21-8)15(16(18)19)11-5-4-10(20-3)7-12(11)17-13/h4-5,7-9H,6H2,1-3H3,(H,18,19). The van der Waals surface area contributed by atoms with Crippen LogP contribution in [0.15, 0.2) is 18.2 Å². The lowest BCUT2D eigenvalue weighted by Crippen LogP contribution is -2.26. The molecular weight excluding hydrogens is 270 g/mol. The average molecular weight is 287 g/mol. The van der Waals surface area contributed by atoms with Crippen molar-refractivity contribution in [1.29, 1.82) is 0 Å². The van der Waals surface area contributed by atoms with Crippen molar-refractivity contribution in [2.75, 3.05) is 7.11 Å². The third-order valence-electron chi connectivity index (χ3n) is 3.85. The van der Waals surface area contributed by atoms with Crippen LogP contribution in [0.3, 0.4) is 0 Å². The maximum Gasteiger partial charge on any atom is 0.336 e. The van der Waals surface area contributed by atoms with Gasteiger partial charge in [-0.3, -0.25) is 4.98 Å². The number of ether oxygens (including phenoxy) is 2. The van der Waals surface area contributed by atoms with Crippen LogP contribution in [0.4, 0.5) is 0 Å². The number of carbonyl (C=O) groups is 1. The van der Waals surface area contributed by atoms with E-state index in [4.69, 9.17) is 9.47 Å². The van der Waals surface area contributed by atoms with Crippen LogP contribution in [-0.2, 0) is 11.2 Å². The van der Waals surface area contributed by atoms with Crippen LogP contribution in [0.1, 0.15) is 41.6 Å². The molecule has 2 heterocycles. The van der Waals surface area contributed by atoms with Crippen LogP contribution >= 0.6 is 0 Å². The quantitative estimate of drug-likeness (QED) is 0.919. The fourth-order valence-corrected chi connectivity index (χ4v) is 3.00. The van der Waals surface area contributed by atoms with Gasteiger partial charge in [-0.05, 0) is 26.0 Å². The lowest BCUT2D eigenvalue weighted by molar-refractivity contribution is -0.00661. The predicted octanol–water partition coefficient (Wildman–Crippen LogP) is 2.96. The summed E-state index contributed by atoms with van der Waals surface area (Å²) in [6, 6.07) is 5.27. The normalized spacial score (nSPS) is 21.1. The van der Waals surface area contributed by atoms with Gasteiger partial charge < -0.3 is 14.6 Å². The highest BCUT2D eigenvalue weighted by molar-refractivity contribution is 6.04. The number of benzene rings is 1. The van der Waals surface area contributed by atoms with E-state index in [-0.39, 0.29) is 17.8 Å². The summed E-state index contributed by atoms with van der Waals surface area (Å²) < 4.78 is 11.0. The van der Waals surface area contributed by atoms with Crippen molar-refractivity contribution in [1.82, 2.24) is 4.98 Å². The van der Waals surface area contributed by atoms with Crippen LogP contribution < -0.4 is 4.74 Å². The van der Waals surface area contributed by atoms with Crippen molar-refractivity contribution in [3.05, 3.63) is 35.0 Å². The van der Waals surface area contributed by atoms with E-state index in [9.17, 15) is 9.90 Å². The Morgan fingerprint density at radius 2 is 2.19 bits per heavy atom. The second kappa shape index (κ2) is 5.00. The predicted molar refractivity (Wildman–Crippen MR) is 77.9 cm³/mol. The Kier molecular flexibility index (Phi) is 3.29. The molecule has 0 spiro atoms. The molecule has 0 amide bonds. The topological polar surface area (TPSA) is 68.7 Å². The first-order valence-electron chi connectivity index (χ1n) is 6.90. The smallest absolute Gasteiger partial charge is 0.336 e. The summed E-state index contributed by atoms with van der Waals surface area (Å²) in [7, 11) is 1.58. The first-order chi connectivity index (χ1) is 10.0. The molecule has 0 radical (unpaired) electrons. The van der Waals surface area contributed by atoms with Gasteiger partial charge in [0.15, 0.2) is 0 Å². The summed E-state index contributed by atoms with van der Waals surface area (Å²) >= 11 is 0. The minimum atomic E-state index is -0.950. The van der Waals surface area contributed by atoms with E-state index in [1.54, 1.807) is 25.3 Å². The minimum absolute atomic E-state index is 0.0321. The summed E-state index contributed by atoms with van der Waals surface area (Å²) in [6.07, 6.45) is 0.381. The van der Waals surface area contributed by atoms with Crippen molar-refractivity contribution in [3.8, 4) is 5.75 Å². The van der Waals surface area contributed by atoms with Crippen LogP contribution in [0.25, 0.3) is 10.9 Å². The number of aromatic carboxylic acids is 1. The summed E-state index contributed by atoms with van der Waals surface area (Å²) in [5, 5.41) is 10.3. The molecule has 0 fully saturated rings. The molecule has 21 heavy (non-hydrogen) atoms. The highest BCUT2D eigenvalue weighted by atomic mass is 16.5. The Labute approximate surface area is 122 Å². The number of pyridine rings is 1. The van der Waals surface area contributed by atoms with E-state index in [1.165, 1.54) is 0 Å². The Morgan fingerprint density at radius 3 is 2.86 bits per heavy atom. The van der Waals surface area contributed by atoms with E-state index in [0.29, 0.717) is 28.6 Å². The number of aromatic nitrogens is 1. The number of carboxylic acid groups (broad SMARTS) is 1. The van der Waals surface area contributed by atoms with Crippen molar-refractivity contribution >= 4 is 16.9 Å². The van der Waals surface area contributed by atoms with Gasteiger partial charge in [-0.25, -0.2) is 4.79 Å². The van der Waals surface area contributed by atoms with Crippen molar-refractivity contribution in [3.63, 3.8) is 0 Å². The molecule has 5 nitrogen and oxygen atoms in total. The lowest BCUT2D eigenvalue weighted by Gasteiger charge is -2.29. The lowest BCUT2D eigenvalue weighted by atomic mass is 9.92. The van der Waals surface area contributed by atoms with Crippen molar-refractivity contribution < 1.29 is 19.4 Å². The first kappa shape index (κ1) is 13.8. The molecule has 0 saturated heterocycles. The summed E-state index contributed by atoms with van der Waals surface area (Å²) in [5.74, 6) is -0.284. The largest absolute Gasteiger partial charge is 0.497 e. The highest BCUT2D eigenvalue weighted by Crippen LogP contribution is 2.36. The third-order valence-corrected chi connectivity index (χ3v) is 3.85. The van der Waals surface area contributed by atoms with E-state index in [0.717, 1.165) is 5.69 Å². The van der Waals surface area contributed by atoms with E-state index >= 15 is 0 Å². The van der Waals surface area contributed by atoms with Gasteiger partial charge in [0.05, 0.1) is 36.1 Å². The van der Waals surface area contributed by atoms with Crippen molar-refractivity contribution in [2.24, 2.45) is 0 Å². The molecule has 2 unspecified atom stereocenters. The van der Waals surface area contributed by atoms with E-state index in [2.05, 4.69) is 4.98 Å². The molecule has 1 aliphatic rings. The number of nitrogens with zero attached hydrogens (tertiary/aromatic N) is 1. The van der Waals surface area contributed by atoms with Gasteiger partial charge in [0, 0.05) is 23.4 Å². The van der Waals surface area contributed by atoms with E-state index in [1.807, 2.05) is 13.8 Å². The molecule has 2 atom stereocenters. The van der Waals surface area contributed by atoms with Crippen LogP contribution in [0, 0.1) is 0 Å². The van der Waals surface area contributed by atoms with Gasteiger partial charge in [0.2, 0.25) is 0 Å². The van der Waals surface area contributed by atoms with Gasteiger partial charge in [0.1, 0.15) is 5.75 Å². The number of hydrogen-bond acceptors (Lipinski definition) is 4. The minimum Gasteiger partial charge on any atom is -0.497 e. The Hall–Kier alpha value is -2.14. The molecule has 1 aromatic carbocycles. The number of rotatable bonds is 2. The molecule has 2 aromatic rings. The second-order valence-electron chi connectivity index (χ2n) is 5.33. The summed E-state index contributed by atoms with van der Waals surface area (Å²) in [5.41, 5.74) is 2.43. The monoisotopic (exact) mass is 287 g/mol. The SMILES string of the molecule is COc1ccc2c(C(=O)O)c3c(nc2c1)CC(C)OC3C. The number of fused-ring (bicyclic) bond motifs is 2. The molecule has 110 valence electrons. The van der Waals surface area contributed by atoms with Gasteiger partial charge in [0.25, 0.3) is 0 Å². The zero-order valence-electron chi connectivity index (χ0n) is 12.2. The maximum absolute atomic E-state index is 11.8. The second-order valence-corrected chi connectivity index (χ2v) is 5.33. The molecule has 1 aromatic heterocycles. The fraction of sp³-hybridized carbons (Fsp3) is 0.375. The molecule has 5 heteroatoms. The zero-order valence-corrected chi connectivity index (χ0v) is 12.2. The molecule has 3 rings (SSSR count). The first-order valence-corrected chi connectivity index (χ1v) is 6.90. The molecule has 1 aliphatic heterocycles. The molecular formula is C16H17NO4. The Morgan fingerprint density at radius 1 is 1.43 bits per heavy atom. The Bertz CT molecular complexity index is 726. The summed E-state index contributed by atoms with van der Waals surface area (Å²) in [6.45, 7) is 3.84. The van der Waals surface area contributed by atoms with Crippen molar-refractivity contribution in [2.45, 2.75) is 32.5 Å². The van der Waals surface area contributed by atoms with Crippen LogP contribution in [0.2, 0.25) is 0 Å². The summed E-state index contributed by atoms with van der Waals surface area (Å²) in [4.78, 5) is 16.4. The zero-order chi connectivity index (χ0) is 15.1. The number of methoxy groups -OCH3 is 1. The van der Waals surface area contributed by atoms with Gasteiger partial charge in [-0.1, -0.05) is 0 Å². The molecule has 0 bridgehead atoms. The van der Waals surface area contributed by atoms with Gasteiger partial charge in [-0.15, -0.1) is 0 Å². The highest BCUT2D eigenvalue weighted by Gasteiger charge is 2.30. The Balaban J connectivity index is 2.35. The van der Waals surface area contributed by atoms with Crippen LogP contribution in [0.5, 0.6) is 5.75 Å². The fourth-order valence-electron chi connectivity index (χ4n) is 3.00. The maximum atomic E-state index is 11.8. The van der Waals surface area contributed by atoms with Crippen LogP contribution in [-0.4, -0.2) is 29.3 Å². The third kappa shape index (κ3) is 2.23. The van der Waals surface area contributed by atoms with E-state index < -0.39 is 5.97 Å².